The summed E-state index contributed by atoms with van der Waals surface area (Å²) < 4.78 is 0. The minimum absolute atomic E-state index is 0.307. The highest BCUT2D eigenvalue weighted by atomic mass is 35.5. The van der Waals surface area contributed by atoms with Crippen LogP contribution in [0.3, 0.4) is 0 Å². The first-order valence-corrected chi connectivity index (χ1v) is 7.62. The summed E-state index contributed by atoms with van der Waals surface area (Å²) in [6.45, 7) is 3.80. The average molecular weight is 303 g/mol. The Bertz CT molecular complexity index is 567. The van der Waals surface area contributed by atoms with Crippen LogP contribution in [-0.4, -0.2) is 25.5 Å². The van der Waals surface area contributed by atoms with Gasteiger partial charge in [-0.25, -0.2) is 0 Å². The average Bonchev–Trinajstić information content (AvgIpc) is 2.47. The van der Waals surface area contributed by atoms with Gasteiger partial charge in [-0.15, -0.1) is 0 Å². The van der Waals surface area contributed by atoms with Crippen molar-refractivity contribution in [2.75, 3.05) is 20.6 Å². The number of halogens is 1. The molecule has 0 saturated heterocycles. The Balaban J connectivity index is 2.07. The summed E-state index contributed by atoms with van der Waals surface area (Å²) in [5.74, 6) is 0. The molecule has 21 heavy (non-hydrogen) atoms. The van der Waals surface area contributed by atoms with E-state index in [1.807, 2.05) is 13.0 Å². The van der Waals surface area contributed by atoms with E-state index in [0.29, 0.717) is 6.04 Å². The Morgan fingerprint density at radius 2 is 1.81 bits per heavy atom. The van der Waals surface area contributed by atoms with Crippen LogP contribution in [0.25, 0.3) is 0 Å². The monoisotopic (exact) mass is 302 g/mol. The van der Waals surface area contributed by atoms with Crippen LogP contribution in [0.5, 0.6) is 0 Å². The fraction of sp³-hybridized carbons (Fsp3) is 0.333. The molecule has 0 spiro atoms. The predicted molar refractivity (Wildman–Crippen MR) is 90.8 cm³/mol. The molecule has 2 nitrogen and oxygen atoms in total. The Morgan fingerprint density at radius 1 is 1.10 bits per heavy atom. The van der Waals surface area contributed by atoms with Gasteiger partial charge in [0.25, 0.3) is 0 Å². The van der Waals surface area contributed by atoms with Gasteiger partial charge in [-0.3, -0.25) is 0 Å². The van der Waals surface area contributed by atoms with Crippen LogP contribution in [0.1, 0.15) is 22.7 Å². The summed E-state index contributed by atoms with van der Waals surface area (Å²) in [6, 6.07) is 17.1. The van der Waals surface area contributed by atoms with Crippen LogP contribution < -0.4 is 5.32 Å². The lowest BCUT2D eigenvalue weighted by atomic mass is 10.1. The van der Waals surface area contributed by atoms with Gasteiger partial charge in [0.05, 0.1) is 0 Å². The second kappa shape index (κ2) is 7.60. The molecule has 0 aliphatic heterocycles. The number of aryl methyl sites for hydroxylation is 1. The Hall–Kier alpha value is -1.35. The highest BCUT2D eigenvalue weighted by molar-refractivity contribution is 6.31. The normalized spacial score (nSPS) is 12.6. The predicted octanol–water partition coefficient (Wildman–Crippen LogP) is 4.04. The molecule has 0 aliphatic carbocycles. The summed E-state index contributed by atoms with van der Waals surface area (Å²) in [7, 11) is 4.20. The van der Waals surface area contributed by atoms with E-state index < -0.39 is 0 Å². The standard InChI is InChI=1S/C18H23ClN2/c1-14-9-10-15(11-17(14)19)12-20-18(13-21(2)3)16-7-5-4-6-8-16/h4-11,18,20H,12-13H2,1-3H3. The molecule has 3 heteroatoms. The maximum Gasteiger partial charge on any atom is 0.0451 e. The summed E-state index contributed by atoms with van der Waals surface area (Å²) in [6.07, 6.45) is 0. The van der Waals surface area contributed by atoms with Crippen molar-refractivity contribution in [2.45, 2.75) is 19.5 Å². The van der Waals surface area contributed by atoms with Gasteiger partial charge in [-0.05, 0) is 43.8 Å². The van der Waals surface area contributed by atoms with Gasteiger partial charge < -0.3 is 10.2 Å². The molecule has 1 N–H and O–H groups in total. The SMILES string of the molecule is Cc1ccc(CNC(CN(C)C)c2ccccc2)cc1Cl. The van der Waals surface area contributed by atoms with E-state index >= 15 is 0 Å². The number of benzene rings is 2. The number of nitrogens with zero attached hydrogens (tertiary/aromatic N) is 1. The molecule has 2 rings (SSSR count). The molecule has 0 radical (unpaired) electrons. The van der Waals surface area contributed by atoms with Crippen molar-refractivity contribution >= 4 is 11.6 Å². The fourth-order valence-electron chi connectivity index (χ4n) is 2.33. The first kappa shape index (κ1) is 16.0. The summed E-state index contributed by atoms with van der Waals surface area (Å²) in [5, 5.41) is 4.46. The first-order chi connectivity index (χ1) is 10.1. The molecule has 0 aromatic heterocycles. The minimum atomic E-state index is 0.307. The number of nitrogens with one attached hydrogen (secondary N) is 1. The van der Waals surface area contributed by atoms with Crippen LogP contribution >= 0.6 is 11.6 Å². The number of hydrogen-bond donors (Lipinski definition) is 1. The van der Waals surface area contributed by atoms with Crippen molar-refractivity contribution in [1.82, 2.24) is 10.2 Å². The molecule has 0 fully saturated rings. The number of rotatable bonds is 6. The lowest BCUT2D eigenvalue weighted by molar-refractivity contribution is 0.340. The van der Waals surface area contributed by atoms with Crippen LogP contribution in [0.15, 0.2) is 48.5 Å². The van der Waals surface area contributed by atoms with Crippen LogP contribution in [0, 0.1) is 6.92 Å². The van der Waals surface area contributed by atoms with E-state index in [-0.39, 0.29) is 0 Å². The number of likely N-dealkylation sites (N-methyl/N-ethyl adjacent to an activating group) is 1. The van der Waals surface area contributed by atoms with Crippen molar-refractivity contribution in [3.63, 3.8) is 0 Å². The summed E-state index contributed by atoms with van der Waals surface area (Å²) >= 11 is 6.19. The van der Waals surface area contributed by atoms with Gasteiger partial charge in [0.2, 0.25) is 0 Å². The lowest BCUT2D eigenvalue weighted by Gasteiger charge is -2.23. The van der Waals surface area contributed by atoms with Gasteiger partial charge in [0, 0.05) is 24.2 Å². The van der Waals surface area contributed by atoms with Crippen LogP contribution in [0.2, 0.25) is 5.02 Å². The lowest BCUT2D eigenvalue weighted by Crippen LogP contribution is -2.30. The van der Waals surface area contributed by atoms with Gasteiger partial charge >= 0.3 is 0 Å². The largest absolute Gasteiger partial charge is 0.308 e. The van der Waals surface area contributed by atoms with E-state index in [0.717, 1.165) is 23.7 Å². The second-order valence-corrected chi connectivity index (χ2v) is 6.10. The molecular weight excluding hydrogens is 280 g/mol. The zero-order chi connectivity index (χ0) is 15.2. The van der Waals surface area contributed by atoms with Crippen LogP contribution in [-0.2, 0) is 6.54 Å². The Kier molecular flexibility index (Phi) is 5.80. The zero-order valence-corrected chi connectivity index (χ0v) is 13.7. The third-order valence-electron chi connectivity index (χ3n) is 3.54. The Labute approximate surface area is 132 Å². The second-order valence-electron chi connectivity index (χ2n) is 5.69. The number of hydrogen-bond acceptors (Lipinski definition) is 2. The molecule has 0 aliphatic rings. The molecule has 2 aromatic carbocycles. The highest BCUT2D eigenvalue weighted by Crippen LogP contribution is 2.18. The van der Waals surface area contributed by atoms with Gasteiger partial charge in [-0.2, -0.15) is 0 Å². The van der Waals surface area contributed by atoms with E-state index in [4.69, 9.17) is 11.6 Å². The third-order valence-corrected chi connectivity index (χ3v) is 3.95. The fourth-order valence-corrected chi connectivity index (χ4v) is 2.53. The van der Waals surface area contributed by atoms with E-state index in [9.17, 15) is 0 Å². The smallest absolute Gasteiger partial charge is 0.0451 e. The van der Waals surface area contributed by atoms with Gasteiger partial charge in [0.1, 0.15) is 0 Å². The van der Waals surface area contributed by atoms with E-state index in [2.05, 4.69) is 66.8 Å². The van der Waals surface area contributed by atoms with Crippen molar-refractivity contribution in [3.8, 4) is 0 Å². The zero-order valence-electron chi connectivity index (χ0n) is 12.9. The molecule has 2 aromatic rings. The molecule has 112 valence electrons. The molecule has 0 saturated carbocycles. The molecule has 1 unspecified atom stereocenters. The summed E-state index contributed by atoms with van der Waals surface area (Å²) in [5.41, 5.74) is 3.64. The highest BCUT2D eigenvalue weighted by Gasteiger charge is 2.11. The third kappa shape index (κ3) is 4.85. The van der Waals surface area contributed by atoms with Crippen molar-refractivity contribution in [3.05, 3.63) is 70.2 Å². The molecular formula is C18H23ClN2. The van der Waals surface area contributed by atoms with Crippen molar-refractivity contribution in [2.24, 2.45) is 0 Å². The molecule has 1 atom stereocenters. The topological polar surface area (TPSA) is 15.3 Å². The van der Waals surface area contributed by atoms with Gasteiger partial charge in [0.15, 0.2) is 0 Å². The van der Waals surface area contributed by atoms with Crippen molar-refractivity contribution < 1.29 is 0 Å². The Morgan fingerprint density at radius 3 is 2.43 bits per heavy atom. The minimum Gasteiger partial charge on any atom is -0.308 e. The quantitative estimate of drug-likeness (QED) is 0.866. The van der Waals surface area contributed by atoms with Crippen molar-refractivity contribution in [1.29, 1.82) is 0 Å². The molecule has 0 heterocycles. The van der Waals surface area contributed by atoms with E-state index in [1.54, 1.807) is 0 Å². The summed E-state index contributed by atoms with van der Waals surface area (Å²) in [4.78, 5) is 2.20. The maximum absolute atomic E-state index is 6.19. The van der Waals surface area contributed by atoms with Crippen LogP contribution in [0.4, 0.5) is 0 Å². The first-order valence-electron chi connectivity index (χ1n) is 7.24. The molecule has 0 bridgehead atoms. The van der Waals surface area contributed by atoms with E-state index in [1.165, 1.54) is 11.1 Å². The molecule has 0 amide bonds. The maximum atomic E-state index is 6.19. The van der Waals surface area contributed by atoms with Gasteiger partial charge in [-0.1, -0.05) is 54.1 Å².